The molecule has 0 unspecified atom stereocenters. The Hall–Kier alpha value is -0.770. The van der Waals surface area contributed by atoms with Gasteiger partial charge in [-0.3, -0.25) is 4.79 Å². The first-order valence-corrected chi connectivity index (χ1v) is 6.12. The van der Waals surface area contributed by atoms with Crippen molar-refractivity contribution in [3.05, 3.63) is 0 Å². The molecule has 0 aliphatic carbocycles. The second-order valence-corrected chi connectivity index (χ2v) is 3.41. The molecule has 8 heteroatoms. The van der Waals surface area contributed by atoms with Crippen molar-refractivity contribution >= 4 is 5.97 Å². The summed E-state index contributed by atoms with van der Waals surface area (Å²) in [5.74, 6) is 4.15. The third-order valence-corrected chi connectivity index (χ3v) is 1.93. The van der Waals surface area contributed by atoms with Gasteiger partial charge < -0.3 is 28.9 Å². The molecule has 0 radical (unpaired) electrons. The van der Waals surface area contributed by atoms with Crippen LogP contribution in [0.5, 0.6) is 0 Å². The van der Waals surface area contributed by atoms with Crippen LogP contribution in [0.1, 0.15) is 6.42 Å². The zero-order valence-corrected chi connectivity index (χ0v) is 11.0. The van der Waals surface area contributed by atoms with Crippen molar-refractivity contribution in [2.45, 2.75) is 6.42 Å². The van der Waals surface area contributed by atoms with E-state index in [2.05, 4.69) is 10.7 Å². The van der Waals surface area contributed by atoms with Crippen molar-refractivity contribution in [3.63, 3.8) is 0 Å². The summed E-state index contributed by atoms with van der Waals surface area (Å²) in [6.07, 6.45) is 0.132. The average molecular weight is 281 g/mol. The normalized spacial score (nSPS) is 10.6. The molecule has 0 aliphatic heterocycles. The van der Waals surface area contributed by atoms with Gasteiger partial charge in [-0.25, -0.2) is 0 Å². The third kappa shape index (κ3) is 15.2. The molecular formula is C11H23NO7. The van der Waals surface area contributed by atoms with Crippen LogP contribution in [0.15, 0.2) is 0 Å². The Morgan fingerprint density at radius 2 is 1.21 bits per heavy atom. The molecule has 8 nitrogen and oxygen atoms in total. The highest BCUT2D eigenvalue weighted by atomic mass is 16.7. The largest absolute Gasteiger partial charge is 0.394 e. The zero-order chi connectivity index (χ0) is 14.2. The number of aliphatic hydroxyl groups excluding tert-OH is 1. The summed E-state index contributed by atoms with van der Waals surface area (Å²) < 4.78 is 20.5. The second-order valence-electron chi connectivity index (χ2n) is 3.41. The molecule has 0 spiro atoms. The van der Waals surface area contributed by atoms with E-state index in [1.165, 1.54) is 0 Å². The number of carbonyl (C=O) groups is 1. The van der Waals surface area contributed by atoms with Crippen molar-refractivity contribution in [2.24, 2.45) is 5.90 Å². The summed E-state index contributed by atoms with van der Waals surface area (Å²) in [4.78, 5) is 14.6. The first-order valence-electron chi connectivity index (χ1n) is 6.12. The maximum atomic E-state index is 10.6. The van der Waals surface area contributed by atoms with E-state index in [9.17, 15) is 4.79 Å². The van der Waals surface area contributed by atoms with Gasteiger partial charge in [0, 0.05) is 0 Å². The number of ether oxygens (including phenoxy) is 4. The van der Waals surface area contributed by atoms with Gasteiger partial charge in [-0.2, -0.15) is 5.90 Å². The number of carbonyl (C=O) groups excluding carboxylic acids is 1. The minimum absolute atomic E-state index is 0.0200. The van der Waals surface area contributed by atoms with Crippen molar-refractivity contribution in [2.75, 3.05) is 59.5 Å². The van der Waals surface area contributed by atoms with Crippen molar-refractivity contribution in [1.82, 2.24) is 0 Å². The molecule has 0 bridgehead atoms. The summed E-state index contributed by atoms with van der Waals surface area (Å²) in [5.41, 5.74) is 0. The minimum Gasteiger partial charge on any atom is -0.394 e. The van der Waals surface area contributed by atoms with Crippen molar-refractivity contribution in [1.29, 1.82) is 0 Å². The molecule has 0 fully saturated rings. The summed E-state index contributed by atoms with van der Waals surface area (Å²) in [6, 6.07) is 0. The summed E-state index contributed by atoms with van der Waals surface area (Å²) in [6.45, 7) is 3.32. The SMILES string of the molecule is NOC(=O)CCOCCOCCOCCOCCO. The fourth-order valence-corrected chi connectivity index (χ4v) is 1.04. The lowest BCUT2D eigenvalue weighted by Gasteiger charge is -2.06. The predicted molar refractivity (Wildman–Crippen MR) is 65.3 cm³/mol. The Labute approximate surface area is 112 Å². The predicted octanol–water partition coefficient (Wildman–Crippen LogP) is -1.15. The molecule has 0 aliphatic rings. The van der Waals surface area contributed by atoms with Crippen LogP contribution in [0.2, 0.25) is 0 Å². The number of hydrogen-bond donors (Lipinski definition) is 2. The number of aliphatic hydroxyl groups is 1. The van der Waals surface area contributed by atoms with E-state index in [1.54, 1.807) is 0 Å². The molecule has 0 saturated carbocycles. The van der Waals surface area contributed by atoms with E-state index in [0.717, 1.165) is 0 Å². The van der Waals surface area contributed by atoms with Crippen LogP contribution in [0, 0.1) is 0 Å². The van der Waals surface area contributed by atoms with E-state index in [1.807, 2.05) is 0 Å². The number of nitrogens with two attached hydrogens (primary N) is 1. The van der Waals surface area contributed by atoms with Crippen LogP contribution in [0.25, 0.3) is 0 Å². The fourth-order valence-electron chi connectivity index (χ4n) is 1.04. The van der Waals surface area contributed by atoms with E-state index in [4.69, 9.17) is 24.1 Å². The highest BCUT2D eigenvalue weighted by Crippen LogP contribution is 1.86. The van der Waals surface area contributed by atoms with Crippen LogP contribution >= 0.6 is 0 Å². The molecule has 0 heterocycles. The summed E-state index contributed by atoms with van der Waals surface area (Å²) in [7, 11) is 0. The lowest BCUT2D eigenvalue weighted by atomic mass is 10.5. The second kappa shape index (κ2) is 15.3. The average Bonchev–Trinajstić information content (AvgIpc) is 2.43. The van der Waals surface area contributed by atoms with Gasteiger partial charge in [0.25, 0.3) is 0 Å². The molecule has 0 atom stereocenters. The quantitative estimate of drug-likeness (QED) is 0.303. The molecule has 0 aromatic heterocycles. The van der Waals surface area contributed by atoms with Gasteiger partial charge in [-0.1, -0.05) is 0 Å². The number of hydrogen-bond acceptors (Lipinski definition) is 8. The van der Waals surface area contributed by atoms with Crippen LogP contribution < -0.4 is 5.90 Å². The van der Waals surface area contributed by atoms with Gasteiger partial charge in [0.05, 0.1) is 65.9 Å². The topological polar surface area (TPSA) is 109 Å². The maximum absolute atomic E-state index is 10.6. The van der Waals surface area contributed by atoms with Gasteiger partial charge in [0.15, 0.2) is 0 Å². The van der Waals surface area contributed by atoms with E-state index in [-0.39, 0.29) is 19.6 Å². The van der Waals surface area contributed by atoms with E-state index in [0.29, 0.717) is 46.2 Å². The zero-order valence-electron chi connectivity index (χ0n) is 11.0. The van der Waals surface area contributed by atoms with Crippen LogP contribution in [0.3, 0.4) is 0 Å². The maximum Gasteiger partial charge on any atom is 0.326 e. The Kier molecular flexibility index (Phi) is 14.7. The smallest absolute Gasteiger partial charge is 0.326 e. The molecule has 0 aromatic rings. The summed E-state index contributed by atoms with van der Waals surface area (Å²) in [5, 5.41) is 8.44. The summed E-state index contributed by atoms with van der Waals surface area (Å²) >= 11 is 0. The number of rotatable bonds is 14. The van der Waals surface area contributed by atoms with Gasteiger partial charge in [0.1, 0.15) is 0 Å². The van der Waals surface area contributed by atoms with Crippen LogP contribution in [-0.2, 0) is 28.6 Å². The monoisotopic (exact) mass is 281 g/mol. The van der Waals surface area contributed by atoms with Gasteiger partial charge in [-0.05, 0) is 0 Å². The Balaban J connectivity index is 2.97. The molecular weight excluding hydrogens is 258 g/mol. The molecule has 0 saturated heterocycles. The lowest BCUT2D eigenvalue weighted by Crippen LogP contribution is -2.15. The first-order chi connectivity index (χ1) is 9.31. The minimum atomic E-state index is -0.502. The first kappa shape index (κ1) is 18.2. The molecule has 19 heavy (non-hydrogen) atoms. The highest BCUT2D eigenvalue weighted by Gasteiger charge is 1.99. The van der Waals surface area contributed by atoms with Gasteiger partial charge >= 0.3 is 5.97 Å². The fraction of sp³-hybridized carbons (Fsp3) is 0.909. The molecule has 0 rings (SSSR count). The van der Waals surface area contributed by atoms with Crippen LogP contribution in [0.4, 0.5) is 0 Å². The standard InChI is InChI=1S/C11H23NO7/c12-19-11(14)1-3-15-5-7-17-9-10-18-8-6-16-4-2-13/h13H,1-10,12H2. The molecule has 3 N–H and O–H groups in total. The molecule has 114 valence electrons. The Morgan fingerprint density at radius 1 is 0.789 bits per heavy atom. The van der Waals surface area contributed by atoms with Crippen molar-refractivity contribution in [3.8, 4) is 0 Å². The lowest BCUT2D eigenvalue weighted by molar-refractivity contribution is -0.145. The third-order valence-electron chi connectivity index (χ3n) is 1.93. The Bertz CT molecular complexity index is 203. The van der Waals surface area contributed by atoms with E-state index < -0.39 is 5.97 Å². The van der Waals surface area contributed by atoms with Gasteiger partial charge in [-0.15, -0.1) is 0 Å². The van der Waals surface area contributed by atoms with Crippen molar-refractivity contribution < 1.29 is 33.7 Å². The Morgan fingerprint density at radius 3 is 1.63 bits per heavy atom. The molecule has 0 amide bonds. The van der Waals surface area contributed by atoms with E-state index >= 15 is 0 Å². The molecule has 0 aromatic carbocycles. The highest BCUT2D eigenvalue weighted by molar-refractivity contribution is 5.68. The van der Waals surface area contributed by atoms with Gasteiger partial charge in [0.2, 0.25) is 0 Å². The van der Waals surface area contributed by atoms with Crippen LogP contribution in [-0.4, -0.2) is 70.5 Å².